The topological polar surface area (TPSA) is 41.9 Å². The minimum absolute atomic E-state index is 0.0653. The maximum Gasteiger partial charge on any atom is 0.129 e. The Labute approximate surface area is 134 Å². The van der Waals surface area contributed by atoms with Crippen molar-refractivity contribution in [3.05, 3.63) is 23.8 Å². The van der Waals surface area contributed by atoms with Crippen molar-refractivity contribution in [3.63, 3.8) is 0 Å². The lowest BCUT2D eigenvalue weighted by molar-refractivity contribution is -0.0750. The maximum absolute atomic E-state index is 10.9. The second kappa shape index (κ2) is 6.88. The Bertz CT molecular complexity index is 501. The Kier molecular flexibility index (Phi) is 5.35. The fourth-order valence-corrected chi connectivity index (χ4v) is 3.32. The summed E-state index contributed by atoms with van der Waals surface area (Å²) in [5.74, 6) is 1.51. The molecule has 1 aromatic rings. The Hall–Kier alpha value is -1.26. The van der Waals surface area contributed by atoms with Crippen LogP contribution in [0.4, 0.5) is 0 Å². The van der Waals surface area contributed by atoms with Gasteiger partial charge in [0.05, 0.1) is 12.6 Å². The molecule has 22 heavy (non-hydrogen) atoms. The zero-order valence-corrected chi connectivity index (χ0v) is 14.4. The molecule has 4 nitrogen and oxygen atoms in total. The summed E-state index contributed by atoms with van der Waals surface area (Å²) in [5, 5.41) is 10.9. The van der Waals surface area contributed by atoms with Crippen LogP contribution >= 0.6 is 0 Å². The van der Waals surface area contributed by atoms with Gasteiger partial charge in [-0.2, -0.15) is 0 Å². The van der Waals surface area contributed by atoms with E-state index in [9.17, 15) is 5.11 Å². The van der Waals surface area contributed by atoms with Gasteiger partial charge in [-0.3, -0.25) is 4.90 Å². The van der Waals surface area contributed by atoms with Crippen LogP contribution in [0.1, 0.15) is 52.2 Å². The summed E-state index contributed by atoms with van der Waals surface area (Å²) in [6.45, 7) is 9.79. The maximum atomic E-state index is 10.9. The van der Waals surface area contributed by atoms with Crippen molar-refractivity contribution in [1.82, 2.24) is 4.90 Å². The first-order valence-electron chi connectivity index (χ1n) is 8.24. The number of likely N-dealkylation sites (N-methyl/N-ethyl adjacent to an activating group) is 1. The van der Waals surface area contributed by atoms with E-state index in [1.165, 1.54) is 0 Å². The fourth-order valence-electron chi connectivity index (χ4n) is 3.32. The highest BCUT2D eigenvalue weighted by molar-refractivity contribution is 5.45. The van der Waals surface area contributed by atoms with Crippen molar-refractivity contribution in [1.29, 1.82) is 0 Å². The van der Waals surface area contributed by atoms with Crippen molar-refractivity contribution in [2.75, 3.05) is 20.2 Å². The van der Waals surface area contributed by atoms with Crippen molar-refractivity contribution in [2.24, 2.45) is 0 Å². The van der Waals surface area contributed by atoms with Crippen LogP contribution in [0.25, 0.3) is 0 Å². The first-order chi connectivity index (χ1) is 10.4. The highest BCUT2D eigenvalue weighted by Gasteiger charge is 2.45. The molecule has 1 aromatic carbocycles. The predicted octanol–water partition coefficient (Wildman–Crippen LogP) is 3.39. The lowest BCUT2D eigenvalue weighted by Crippen LogP contribution is -2.57. The summed E-state index contributed by atoms with van der Waals surface area (Å²) in [4.78, 5) is 2.22. The van der Waals surface area contributed by atoms with Crippen molar-refractivity contribution in [3.8, 4) is 11.5 Å². The Morgan fingerprint density at radius 3 is 2.68 bits per heavy atom. The molecule has 0 fully saturated rings. The second-order valence-corrected chi connectivity index (χ2v) is 6.56. The zero-order valence-electron chi connectivity index (χ0n) is 14.4. The number of aliphatic hydroxyl groups excluding tert-OH is 1. The molecule has 1 heterocycles. The van der Waals surface area contributed by atoms with Crippen LogP contribution in [-0.2, 0) is 0 Å². The average Bonchev–Trinajstić information content (AvgIpc) is 2.44. The number of unbranched alkanes of at least 4 members (excludes halogenated alkanes) is 1. The van der Waals surface area contributed by atoms with Gasteiger partial charge in [-0.05, 0) is 52.9 Å². The van der Waals surface area contributed by atoms with Crippen molar-refractivity contribution >= 4 is 0 Å². The van der Waals surface area contributed by atoms with Crippen LogP contribution in [0.2, 0.25) is 0 Å². The van der Waals surface area contributed by atoms with Crippen LogP contribution in [0.3, 0.4) is 0 Å². The summed E-state index contributed by atoms with van der Waals surface area (Å²) in [6.07, 6.45) is 1.70. The second-order valence-electron chi connectivity index (χ2n) is 6.56. The number of aliphatic hydroxyl groups is 1. The third kappa shape index (κ3) is 3.39. The number of ether oxygens (including phenoxy) is 2. The van der Waals surface area contributed by atoms with Gasteiger partial charge in [0.2, 0.25) is 0 Å². The van der Waals surface area contributed by atoms with E-state index < -0.39 is 11.7 Å². The first-order valence-corrected chi connectivity index (χ1v) is 8.24. The van der Waals surface area contributed by atoms with Crippen molar-refractivity contribution < 1.29 is 14.6 Å². The molecule has 2 atom stereocenters. The minimum atomic E-state index is -0.559. The normalized spacial score (nSPS) is 23.0. The highest BCUT2D eigenvalue weighted by Crippen LogP contribution is 2.43. The van der Waals surface area contributed by atoms with Crippen LogP contribution in [-0.4, -0.2) is 41.8 Å². The van der Waals surface area contributed by atoms with E-state index in [2.05, 4.69) is 18.9 Å². The predicted molar refractivity (Wildman–Crippen MR) is 88.6 cm³/mol. The summed E-state index contributed by atoms with van der Waals surface area (Å²) in [5.41, 5.74) is 0.385. The number of hydrogen-bond donors (Lipinski definition) is 1. The quantitative estimate of drug-likeness (QED) is 0.875. The molecule has 0 amide bonds. The molecule has 0 saturated heterocycles. The van der Waals surface area contributed by atoms with E-state index in [0.29, 0.717) is 6.61 Å². The Balaban J connectivity index is 2.29. The van der Waals surface area contributed by atoms with E-state index in [4.69, 9.17) is 9.47 Å². The number of nitrogens with zero attached hydrogens (tertiary/aromatic N) is 1. The molecule has 2 unspecified atom stereocenters. The molecule has 1 aliphatic heterocycles. The van der Waals surface area contributed by atoms with E-state index >= 15 is 0 Å². The van der Waals surface area contributed by atoms with Gasteiger partial charge in [-0.1, -0.05) is 13.3 Å². The molecule has 0 aliphatic carbocycles. The molecule has 0 saturated carbocycles. The molecule has 0 bridgehead atoms. The van der Waals surface area contributed by atoms with Gasteiger partial charge in [-0.25, -0.2) is 0 Å². The van der Waals surface area contributed by atoms with E-state index in [0.717, 1.165) is 36.4 Å². The van der Waals surface area contributed by atoms with E-state index in [1.807, 2.05) is 39.0 Å². The summed E-state index contributed by atoms with van der Waals surface area (Å²) < 4.78 is 11.7. The smallest absolute Gasteiger partial charge is 0.129 e. The SMILES string of the molecule is CCCCN(C)C1C(O)c2ccc(OCC)cc2OC1(C)C. The highest BCUT2D eigenvalue weighted by atomic mass is 16.5. The third-order valence-corrected chi connectivity index (χ3v) is 4.34. The molecule has 124 valence electrons. The zero-order chi connectivity index (χ0) is 16.3. The fraction of sp³-hybridized carbons (Fsp3) is 0.667. The molecule has 0 radical (unpaired) electrons. The van der Waals surface area contributed by atoms with Crippen LogP contribution in [0.15, 0.2) is 18.2 Å². The molecule has 2 rings (SSSR count). The number of hydrogen-bond acceptors (Lipinski definition) is 4. The summed E-state index contributed by atoms with van der Waals surface area (Å²) in [7, 11) is 2.06. The van der Waals surface area contributed by atoms with E-state index in [1.54, 1.807) is 0 Å². The lowest BCUT2D eigenvalue weighted by atomic mass is 9.85. The molecule has 1 aliphatic rings. The number of rotatable bonds is 6. The molecule has 0 spiro atoms. The minimum Gasteiger partial charge on any atom is -0.494 e. The Morgan fingerprint density at radius 2 is 2.05 bits per heavy atom. The molecule has 1 N–H and O–H groups in total. The monoisotopic (exact) mass is 307 g/mol. The van der Waals surface area contributed by atoms with Crippen LogP contribution < -0.4 is 9.47 Å². The first kappa shape index (κ1) is 17.1. The lowest BCUT2D eigenvalue weighted by Gasteiger charge is -2.47. The average molecular weight is 307 g/mol. The van der Waals surface area contributed by atoms with E-state index in [-0.39, 0.29) is 6.04 Å². The van der Waals surface area contributed by atoms with Gasteiger partial charge in [-0.15, -0.1) is 0 Å². The third-order valence-electron chi connectivity index (χ3n) is 4.34. The number of fused-ring (bicyclic) bond motifs is 1. The van der Waals surface area contributed by atoms with Crippen molar-refractivity contribution in [2.45, 2.75) is 58.3 Å². The summed E-state index contributed by atoms with van der Waals surface area (Å²) >= 11 is 0. The van der Waals surface area contributed by atoms with Crippen LogP contribution in [0.5, 0.6) is 11.5 Å². The summed E-state index contributed by atoms with van der Waals surface area (Å²) in [6, 6.07) is 5.63. The van der Waals surface area contributed by atoms with Gasteiger partial charge >= 0.3 is 0 Å². The van der Waals surface area contributed by atoms with Gasteiger partial charge < -0.3 is 14.6 Å². The molecular weight excluding hydrogens is 278 g/mol. The van der Waals surface area contributed by atoms with Crippen LogP contribution in [0, 0.1) is 0 Å². The van der Waals surface area contributed by atoms with Gasteiger partial charge in [0.1, 0.15) is 23.2 Å². The molecule has 4 heteroatoms. The largest absolute Gasteiger partial charge is 0.494 e. The van der Waals surface area contributed by atoms with Gasteiger partial charge in [0.25, 0.3) is 0 Å². The molecular formula is C18H29NO3. The standard InChI is InChI=1S/C18H29NO3/c1-6-8-11-19(5)17-16(20)14-10-9-13(21-7-2)12-15(14)22-18(17,3)4/h9-10,12,16-17,20H,6-8,11H2,1-5H3. The Morgan fingerprint density at radius 1 is 1.32 bits per heavy atom. The number of benzene rings is 1. The molecule has 0 aromatic heterocycles. The van der Waals surface area contributed by atoms with Gasteiger partial charge in [0, 0.05) is 11.6 Å². The van der Waals surface area contributed by atoms with Gasteiger partial charge in [0.15, 0.2) is 0 Å².